The molecule has 0 heterocycles. The molecule has 0 atom stereocenters. The van der Waals surface area contributed by atoms with Gasteiger partial charge in [-0.25, -0.2) is 4.79 Å². The maximum Gasteiger partial charge on any atom is 0.411 e. The van der Waals surface area contributed by atoms with E-state index in [1.165, 1.54) is 0 Å². The Morgan fingerprint density at radius 3 is 2.67 bits per heavy atom. The first-order chi connectivity index (χ1) is 8.52. The number of hydrogen-bond donors (Lipinski definition) is 1. The molecule has 0 aliphatic heterocycles. The second-order valence-corrected chi connectivity index (χ2v) is 4.21. The van der Waals surface area contributed by atoms with Crippen LogP contribution in [0.2, 0.25) is 0 Å². The average molecular weight is 249 g/mol. The van der Waals surface area contributed by atoms with Crippen molar-refractivity contribution >= 4 is 17.6 Å². The van der Waals surface area contributed by atoms with Gasteiger partial charge in [-0.05, 0) is 38.8 Å². The van der Waals surface area contributed by atoms with Gasteiger partial charge >= 0.3 is 6.09 Å². The molecule has 0 saturated heterocycles. The second kappa shape index (κ2) is 6.79. The molecule has 4 heteroatoms. The molecule has 0 bridgehead atoms. The van der Waals surface area contributed by atoms with Crippen molar-refractivity contribution in [1.82, 2.24) is 0 Å². The van der Waals surface area contributed by atoms with Crippen molar-refractivity contribution in [2.24, 2.45) is 0 Å². The number of ether oxygens (including phenoxy) is 1. The second-order valence-electron chi connectivity index (χ2n) is 4.21. The van der Waals surface area contributed by atoms with Gasteiger partial charge in [0.05, 0.1) is 6.61 Å². The summed E-state index contributed by atoms with van der Waals surface area (Å²) in [7, 11) is 0. The van der Waals surface area contributed by atoms with Gasteiger partial charge in [-0.3, -0.25) is 5.32 Å². The van der Waals surface area contributed by atoms with Crippen molar-refractivity contribution in [3.63, 3.8) is 0 Å². The lowest BCUT2D eigenvalue weighted by atomic mass is 10.0. The third-order valence-electron chi connectivity index (χ3n) is 2.52. The number of carbonyl (C=O) groups excluding carboxylic acids is 2. The minimum absolute atomic E-state index is 0.138. The average Bonchev–Trinajstić information content (AvgIpc) is 2.29. The van der Waals surface area contributed by atoms with Crippen molar-refractivity contribution < 1.29 is 14.3 Å². The van der Waals surface area contributed by atoms with Crippen LogP contribution in [0.25, 0.3) is 0 Å². The third kappa shape index (κ3) is 4.57. The summed E-state index contributed by atoms with van der Waals surface area (Å²) in [6.07, 6.45) is 0.630. The molecule has 0 unspecified atom stereocenters. The van der Waals surface area contributed by atoms with E-state index in [0.717, 1.165) is 11.1 Å². The first kappa shape index (κ1) is 14.2. The number of amides is 1. The van der Waals surface area contributed by atoms with Gasteiger partial charge in [0, 0.05) is 12.1 Å². The summed E-state index contributed by atoms with van der Waals surface area (Å²) in [5, 5.41) is 2.69. The van der Waals surface area contributed by atoms with Crippen molar-refractivity contribution in [1.29, 1.82) is 0 Å². The summed E-state index contributed by atoms with van der Waals surface area (Å²) < 4.78 is 4.84. The zero-order valence-corrected chi connectivity index (χ0v) is 11.1. The first-order valence-electron chi connectivity index (χ1n) is 6.05. The Morgan fingerprint density at radius 1 is 1.33 bits per heavy atom. The number of rotatable bonds is 5. The van der Waals surface area contributed by atoms with E-state index in [4.69, 9.17) is 4.74 Å². The Labute approximate surface area is 107 Å². The van der Waals surface area contributed by atoms with Crippen LogP contribution in [0.4, 0.5) is 10.5 Å². The summed E-state index contributed by atoms with van der Waals surface area (Å²) in [4.78, 5) is 22.4. The molecule has 0 aromatic heterocycles. The van der Waals surface area contributed by atoms with E-state index in [2.05, 4.69) is 5.32 Å². The topological polar surface area (TPSA) is 55.4 Å². The summed E-state index contributed by atoms with van der Waals surface area (Å²) in [6, 6.07) is 5.73. The fraction of sp³-hybridized carbons (Fsp3) is 0.429. The van der Waals surface area contributed by atoms with Crippen molar-refractivity contribution in [2.45, 2.75) is 33.6 Å². The minimum Gasteiger partial charge on any atom is -0.450 e. The number of aryl methyl sites for hydroxylation is 2. The maximum absolute atomic E-state index is 11.4. The zero-order valence-electron chi connectivity index (χ0n) is 11.1. The van der Waals surface area contributed by atoms with E-state index in [-0.39, 0.29) is 5.78 Å². The molecular formula is C14H19NO3. The Morgan fingerprint density at radius 2 is 2.06 bits per heavy atom. The Balaban J connectivity index is 2.82. The summed E-state index contributed by atoms with van der Waals surface area (Å²) in [6.45, 7) is 5.63. The van der Waals surface area contributed by atoms with Gasteiger partial charge in [-0.15, -0.1) is 0 Å². The number of ketones is 1. The van der Waals surface area contributed by atoms with Crippen LogP contribution in [0.5, 0.6) is 0 Å². The molecule has 98 valence electrons. The predicted molar refractivity (Wildman–Crippen MR) is 70.8 cm³/mol. The van der Waals surface area contributed by atoms with E-state index in [9.17, 15) is 9.59 Å². The van der Waals surface area contributed by atoms with E-state index >= 15 is 0 Å². The maximum atomic E-state index is 11.4. The molecule has 1 aromatic carbocycles. The molecule has 0 radical (unpaired) electrons. The summed E-state index contributed by atoms with van der Waals surface area (Å²) in [5.74, 6) is 0.138. The van der Waals surface area contributed by atoms with Crippen LogP contribution in [0.1, 0.15) is 31.4 Å². The lowest BCUT2D eigenvalue weighted by Crippen LogP contribution is -2.14. The van der Waals surface area contributed by atoms with Crippen molar-refractivity contribution in [3.8, 4) is 0 Å². The van der Waals surface area contributed by atoms with E-state index in [1.807, 2.05) is 25.1 Å². The monoisotopic (exact) mass is 249 g/mol. The van der Waals surface area contributed by atoms with Crippen LogP contribution >= 0.6 is 0 Å². The predicted octanol–water partition coefficient (Wildman–Crippen LogP) is 3.09. The highest BCUT2D eigenvalue weighted by atomic mass is 16.5. The standard InChI is InChI=1S/C14H19NO3/c1-4-18-14(17)15-13-8-5-10(2)9-12(13)7-6-11(3)16/h5,8-9H,4,6-7H2,1-3H3,(H,15,17). The molecule has 0 spiro atoms. The molecule has 1 N–H and O–H groups in total. The molecule has 0 aliphatic rings. The molecule has 4 nitrogen and oxygen atoms in total. The fourth-order valence-electron chi connectivity index (χ4n) is 1.64. The normalized spacial score (nSPS) is 9.94. The summed E-state index contributed by atoms with van der Waals surface area (Å²) in [5.41, 5.74) is 2.77. The van der Waals surface area contributed by atoms with E-state index in [1.54, 1.807) is 13.8 Å². The molecule has 1 amide bonds. The number of benzene rings is 1. The van der Waals surface area contributed by atoms with Crippen LogP contribution in [0.15, 0.2) is 18.2 Å². The number of Topliss-reactive ketones (excluding diaryl/α,β-unsaturated/α-hetero) is 1. The lowest BCUT2D eigenvalue weighted by Gasteiger charge is -2.11. The van der Waals surface area contributed by atoms with Gasteiger partial charge in [0.2, 0.25) is 0 Å². The van der Waals surface area contributed by atoms with Gasteiger partial charge in [-0.1, -0.05) is 17.7 Å². The summed E-state index contributed by atoms with van der Waals surface area (Å²) >= 11 is 0. The zero-order chi connectivity index (χ0) is 13.5. The van der Waals surface area contributed by atoms with Crippen LogP contribution in [-0.2, 0) is 16.0 Å². The largest absolute Gasteiger partial charge is 0.450 e. The van der Waals surface area contributed by atoms with Gasteiger partial charge < -0.3 is 9.53 Å². The van der Waals surface area contributed by atoms with Crippen molar-refractivity contribution in [2.75, 3.05) is 11.9 Å². The van der Waals surface area contributed by atoms with Crippen LogP contribution in [0.3, 0.4) is 0 Å². The van der Waals surface area contributed by atoms with E-state index < -0.39 is 6.09 Å². The quantitative estimate of drug-likeness (QED) is 0.872. The fourth-order valence-corrected chi connectivity index (χ4v) is 1.64. The Hall–Kier alpha value is -1.84. The molecule has 18 heavy (non-hydrogen) atoms. The highest BCUT2D eigenvalue weighted by Gasteiger charge is 2.08. The molecule has 1 rings (SSSR count). The Bertz CT molecular complexity index is 441. The smallest absolute Gasteiger partial charge is 0.411 e. The molecular weight excluding hydrogens is 230 g/mol. The van der Waals surface area contributed by atoms with Crippen LogP contribution < -0.4 is 5.32 Å². The third-order valence-corrected chi connectivity index (χ3v) is 2.52. The van der Waals surface area contributed by atoms with E-state index in [0.29, 0.717) is 25.1 Å². The number of hydrogen-bond acceptors (Lipinski definition) is 3. The molecule has 0 aliphatic carbocycles. The lowest BCUT2D eigenvalue weighted by molar-refractivity contribution is -0.116. The van der Waals surface area contributed by atoms with Gasteiger partial charge in [0.1, 0.15) is 5.78 Å². The number of carbonyl (C=O) groups is 2. The van der Waals surface area contributed by atoms with Crippen molar-refractivity contribution in [3.05, 3.63) is 29.3 Å². The molecule has 0 saturated carbocycles. The highest BCUT2D eigenvalue weighted by molar-refractivity contribution is 5.86. The number of nitrogens with one attached hydrogen (secondary N) is 1. The van der Waals surface area contributed by atoms with Crippen LogP contribution in [-0.4, -0.2) is 18.5 Å². The number of anilines is 1. The molecule has 0 fully saturated rings. The van der Waals surface area contributed by atoms with Gasteiger partial charge in [-0.2, -0.15) is 0 Å². The minimum atomic E-state index is -0.467. The Kier molecular flexibility index (Phi) is 5.36. The van der Waals surface area contributed by atoms with Gasteiger partial charge in [0.25, 0.3) is 0 Å². The highest BCUT2D eigenvalue weighted by Crippen LogP contribution is 2.19. The first-order valence-corrected chi connectivity index (χ1v) is 6.05. The molecule has 1 aromatic rings. The van der Waals surface area contributed by atoms with Crippen LogP contribution in [0, 0.1) is 6.92 Å². The SMILES string of the molecule is CCOC(=O)Nc1ccc(C)cc1CCC(C)=O. The van der Waals surface area contributed by atoms with Gasteiger partial charge in [0.15, 0.2) is 0 Å².